The first-order valence-corrected chi connectivity index (χ1v) is 5.36. The van der Waals surface area contributed by atoms with Crippen molar-refractivity contribution in [2.75, 3.05) is 0 Å². The smallest absolute Gasteiger partial charge is 0.161 e. The monoisotopic (exact) mass is 232 g/mol. The van der Waals surface area contributed by atoms with Crippen LogP contribution in [0.1, 0.15) is 27.7 Å². The Morgan fingerprint density at radius 3 is 1.94 bits per heavy atom. The predicted octanol–water partition coefficient (Wildman–Crippen LogP) is -0.528. The Labute approximate surface area is 95.0 Å². The van der Waals surface area contributed by atoms with Crippen LogP contribution in [-0.2, 0) is 9.53 Å². The maximum atomic E-state index is 11.3. The number of ketones is 1. The standard InChI is InChI=1S/C11H20O5/c1-5(12)9-7(14)6(13)8(15)10(16-9)11(2,3)4/h6-10,13-15H,1-4H3/t6-,7+,8?,9?,10+/m0/s1. The fourth-order valence-corrected chi connectivity index (χ4v) is 1.93. The second kappa shape index (κ2) is 4.41. The van der Waals surface area contributed by atoms with E-state index in [1.54, 1.807) is 0 Å². The third kappa shape index (κ3) is 2.43. The Kier molecular flexibility index (Phi) is 3.74. The molecule has 0 aromatic rings. The van der Waals surface area contributed by atoms with Crippen LogP contribution in [0.5, 0.6) is 0 Å². The molecule has 1 aliphatic rings. The fourth-order valence-electron chi connectivity index (χ4n) is 1.93. The zero-order chi connectivity index (χ0) is 12.7. The molecule has 1 aliphatic heterocycles. The summed E-state index contributed by atoms with van der Waals surface area (Å²) in [6.45, 7) is 6.80. The molecule has 0 aromatic heterocycles. The van der Waals surface area contributed by atoms with E-state index >= 15 is 0 Å². The molecule has 2 unspecified atom stereocenters. The van der Waals surface area contributed by atoms with E-state index in [-0.39, 0.29) is 5.78 Å². The zero-order valence-electron chi connectivity index (χ0n) is 10.0. The van der Waals surface area contributed by atoms with Crippen molar-refractivity contribution in [1.82, 2.24) is 0 Å². The lowest BCUT2D eigenvalue weighted by atomic mass is 9.80. The molecule has 1 saturated heterocycles. The number of Topliss-reactive ketones (excluding diaryl/α,β-unsaturated/α-hetero) is 1. The molecule has 1 heterocycles. The Bertz CT molecular complexity index is 270. The van der Waals surface area contributed by atoms with Gasteiger partial charge in [0.15, 0.2) is 5.78 Å². The Balaban J connectivity index is 2.94. The van der Waals surface area contributed by atoms with Crippen molar-refractivity contribution >= 4 is 5.78 Å². The first-order valence-electron chi connectivity index (χ1n) is 5.36. The molecule has 0 aromatic carbocycles. The fraction of sp³-hybridized carbons (Fsp3) is 0.909. The predicted molar refractivity (Wildman–Crippen MR) is 56.8 cm³/mol. The van der Waals surface area contributed by atoms with Gasteiger partial charge in [0.1, 0.15) is 24.4 Å². The maximum absolute atomic E-state index is 11.3. The van der Waals surface area contributed by atoms with Crippen LogP contribution in [0.2, 0.25) is 0 Å². The summed E-state index contributed by atoms with van der Waals surface area (Å²) in [6, 6.07) is 0. The van der Waals surface area contributed by atoms with Gasteiger partial charge in [-0.3, -0.25) is 4.79 Å². The number of hydrogen-bond donors (Lipinski definition) is 3. The van der Waals surface area contributed by atoms with Gasteiger partial charge in [0.05, 0.1) is 6.10 Å². The second-order valence-corrected chi connectivity index (χ2v) is 5.43. The number of hydrogen-bond acceptors (Lipinski definition) is 5. The quantitative estimate of drug-likeness (QED) is 0.566. The average Bonchev–Trinajstić information content (AvgIpc) is 2.11. The van der Waals surface area contributed by atoms with Crippen LogP contribution in [-0.4, -0.2) is 51.6 Å². The summed E-state index contributed by atoms with van der Waals surface area (Å²) in [6.07, 6.45) is -5.66. The normalized spacial score (nSPS) is 40.8. The molecule has 3 N–H and O–H groups in total. The van der Waals surface area contributed by atoms with Gasteiger partial charge >= 0.3 is 0 Å². The molecule has 5 heteroatoms. The van der Waals surface area contributed by atoms with Gasteiger partial charge < -0.3 is 20.1 Å². The maximum Gasteiger partial charge on any atom is 0.161 e. The lowest BCUT2D eigenvalue weighted by molar-refractivity contribution is -0.239. The van der Waals surface area contributed by atoms with Crippen molar-refractivity contribution in [3.63, 3.8) is 0 Å². The Hall–Kier alpha value is -0.490. The van der Waals surface area contributed by atoms with Gasteiger partial charge in [-0.15, -0.1) is 0 Å². The molecule has 0 aliphatic carbocycles. The largest absolute Gasteiger partial charge is 0.388 e. The van der Waals surface area contributed by atoms with E-state index < -0.39 is 35.9 Å². The van der Waals surface area contributed by atoms with Gasteiger partial charge in [0, 0.05) is 0 Å². The molecule has 16 heavy (non-hydrogen) atoms. The highest BCUT2D eigenvalue weighted by Gasteiger charge is 2.49. The number of ether oxygens (including phenoxy) is 1. The lowest BCUT2D eigenvalue weighted by Crippen LogP contribution is -2.62. The minimum atomic E-state index is -1.37. The molecule has 5 atom stereocenters. The third-order valence-electron chi connectivity index (χ3n) is 2.87. The van der Waals surface area contributed by atoms with E-state index in [1.807, 2.05) is 20.8 Å². The van der Waals surface area contributed by atoms with Crippen molar-refractivity contribution in [3.8, 4) is 0 Å². The average molecular weight is 232 g/mol. The number of rotatable bonds is 1. The van der Waals surface area contributed by atoms with E-state index in [9.17, 15) is 20.1 Å². The number of carbonyl (C=O) groups is 1. The highest BCUT2D eigenvalue weighted by atomic mass is 16.5. The molecular weight excluding hydrogens is 212 g/mol. The van der Waals surface area contributed by atoms with Crippen LogP contribution in [0.4, 0.5) is 0 Å². The van der Waals surface area contributed by atoms with Gasteiger partial charge in [-0.2, -0.15) is 0 Å². The van der Waals surface area contributed by atoms with E-state index in [2.05, 4.69) is 0 Å². The Morgan fingerprint density at radius 1 is 1.06 bits per heavy atom. The molecule has 0 radical (unpaired) electrons. The summed E-state index contributed by atoms with van der Waals surface area (Å²) >= 11 is 0. The first-order chi connectivity index (χ1) is 7.16. The molecule has 0 bridgehead atoms. The first kappa shape index (κ1) is 13.6. The molecule has 5 nitrogen and oxygen atoms in total. The number of carbonyl (C=O) groups excluding carboxylic acids is 1. The van der Waals surface area contributed by atoms with Crippen molar-refractivity contribution in [3.05, 3.63) is 0 Å². The van der Waals surface area contributed by atoms with Gasteiger partial charge in [0.2, 0.25) is 0 Å². The van der Waals surface area contributed by atoms with Crippen molar-refractivity contribution in [1.29, 1.82) is 0 Å². The summed E-state index contributed by atoms with van der Waals surface area (Å²) in [5.41, 5.74) is -0.422. The van der Waals surface area contributed by atoms with Crippen LogP contribution in [0, 0.1) is 5.41 Å². The highest BCUT2D eigenvalue weighted by Crippen LogP contribution is 2.33. The van der Waals surface area contributed by atoms with E-state index in [0.717, 1.165) is 0 Å². The SMILES string of the molecule is CC(=O)C1O[C@@H](C(C)(C)C)C(O)[C@@H](O)[C@H]1O. The van der Waals surface area contributed by atoms with Crippen LogP contribution in [0.25, 0.3) is 0 Å². The molecule has 1 fully saturated rings. The molecule has 0 saturated carbocycles. The summed E-state index contributed by atoms with van der Waals surface area (Å²) < 4.78 is 5.40. The minimum Gasteiger partial charge on any atom is -0.388 e. The molecule has 0 spiro atoms. The summed E-state index contributed by atoms with van der Waals surface area (Å²) in [4.78, 5) is 11.3. The summed E-state index contributed by atoms with van der Waals surface area (Å²) in [5.74, 6) is -0.354. The summed E-state index contributed by atoms with van der Waals surface area (Å²) in [5, 5.41) is 29.1. The van der Waals surface area contributed by atoms with Crippen LogP contribution >= 0.6 is 0 Å². The number of aliphatic hydroxyl groups is 3. The van der Waals surface area contributed by atoms with Crippen LogP contribution < -0.4 is 0 Å². The van der Waals surface area contributed by atoms with E-state index in [1.165, 1.54) is 6.92 Å². The highest BCUT2D eigenvalue weighted by molar-refractivity contribution is 5.81. The van der Waals surface area contributed by atoms with Gasteiger partial charge in [-0.05, 0) is 12.3 Å². The molecule has 1 rings (SSSR count). The Morgan fingerprint density at radius 2 is 1.56 bits per heavy atom. The van der Waals surface area contributed by atoms with Crippen LogP contribution in [0.15, 0.2) is 0 Å². The van der Waals surface area contributed by atoms with E-state index in [0.29, 0.717) is 0 Å². The van der Waals surface area contributed by atoms with Crippen molar-refractivity contribution in [2.45, 2.75) is 58.2 Å². The van der Waals surface area contributed by atoms with Gasteiger partial charge in [-0.1, -0.05) is 20.8 Å². The second-order valence-electron chi connectivity index (χ2n) is 5.43. The molecular formula is C11H20O5. The molecule has 0 amide bonds. The molecule has 94 valence electrons. The summed E-state index contributed by atoms with van der Waals surface area (Å²) in [7, 11) is 0. The zero-order valence-corrected chi connectivity index (χ0v) is 10.0. The van der Waals surface area contributed by atoms with Gasteiger partial charge in [0.25, 0.3) is 0 Å². The van der Waals surface area contributed by atoms with Crippen LogP contribution in [0.3, 0.4) is 0 Å². The van der Waals surface area contributed by atoms with Crippen molar-refractivity contribution in [2.24, 2.45) is 5.41 Å². The number of aliphatic hydroxyl groups excluding tert-OH is 3. The van der Waals surface area contributed by atoms with E-state index in [4.69, 9.17) is 4.74 Å². The topological polar surface area (TPSA) is 87.0 Å². The van der Waals surface area contributed by atoms with Gasteiger partial charge in [-0.25, -0.2) is 0 Å². The third-order valence-corrected chi connectivity index (χ3v) is 2.87. The minimum absolute atomic E-state index is 0.354. The lowest BCUT2D eigenvalue weighted by Gasteiger charge is -2.45. The van der Waals surface area contributed by atoms with Crippen molar-refractivity contribution < 1.29 is 24.9 Å².